The lowest BCUT2D eigenvalue weighted by atomic mass is 9.99. The first-order valence-electron chi connectivity index (χ1n) is 11.5. The van der Waals surface area contributed by atoms with E-state index in [1.807, 2.05) is 76.2 Å². The minimum absolute atomic E-state index is 0.222. The van der Waals surface area contributed by atoms with Gasteiger partial charge in [-0.1, -0.05) is 61.9 Å². The first-order chi connectivity index (χ1) is 15.8. The third-order valence-electron chi connectivity index (χ3n) is 5.38. The molecule has 34 heavy (non-hydrogen) atoms. The molecule has 0 heterocycles. The van der Waals surface area contributed by atoms with E-state index in [0.29, 0.717) is 11.3 Å². The van der Waals surface area contributed by atoms with Crippen molar-refractivity contribution in [3.8, 4) is 0 Å². The number of likely N-dealkylation sites (N-methyl/N-ethyl adjacent to an activating group) is 1. The van der Waals surface area contributed by atoms with Crippen LogP contribution in [0.1, 0.15) is 57.4 Å². The molecule has 2 unspecified atom stereocenters. The summed E-state index contributed by atoms with van der Waals surface area (Å²) >= 11 is 0. The Morgan fingerprint density at radius 3 is 2.06 bits per heavy atom. The summed E-state index contributed by atoms with van der Waals surface area (Å²) in [6, 6.07) is 13.2. The van der Waals surface area contributed by atoms with Gasteiger partial charge in [-0.3, -0.25) is 9.59 Å². The summed E-state index contributed by atoms with van der Waals surface area (Å²) < 4.78 is 5.35. The Bertz CT molecular complexity index is 1010. The summed E-state index contributed by atoms with van der Waals surface area (Å²) in [5.41, 5.74) is 2.62. The lowest BCUT2D eigenvalue weighted by Crippen LogP contribution is -2.53. The second-order valence-corrected chi connectivity index (χ2v) is 9.93. The standard InChI is InChI=1S/C27H37N3O4/c1-17(2)22(29-26(33)34-27(5,6)7)25(32)30(8)23(20-15-13-18(3)14-16-20)24(31)28-21-12-10-9-11-19(21)4/h9-17,22-23H,1-8H3,(H,28,31)(H,29,33). The molecule has 7 heteroatoms. The van der Waals surface area contributed by atoms with E-state index in [1.165, 1.54) is 4.90 Å². The Morgan fingerprint density at radius 1 is 0.941 bits per heavy atom. The SMILES string of the molecule is Cc1ccc(C(C(=O)Nc2ccccc2C)N(C)C(=O)C(NC(=O)OC(C)(C)C)C(C)C)cc1. The first-order valence-corrected chi connectivity index (χ1v) is 11.5. The molecule has 0 aliphatic rings. The van der Waals surface area contributed by atoms with Gasteiger partial charge in [-0.05, 0) is 57.7 Å². The predicted octanol–water partition coefficient (Wildman–Crippen LogP) is 4.99. The number of benzene rings is 2. The number of hydrogen-bond acceptors (Lipinski definition) is 4. The number of amides is 3. The van der Waals surface area contributed by atoms with Crippen LogP contribution in [-0.4, -0.2) is 41.5 Å². The van der Waals surface area contributed by atoms with Crippen molar-refractivity contribution in [1.82, 2.24) is 10.2 Å². The highest BCUT2D eigenvalue weighted by molar-refractivity contribution is 5.99. The molecular formula is C27H37N3O4. The second kappa shape index (κ2) is 11.2. The zero-order valence-electron chi connectivity index (χ0n) is 21.4. The quantitative estimate of drug-likeness (QED) is 0.600. The van der Waals surface area contributed by atoms with Gasteiger partial charge in [0.1, 0.15) is 17.7 Å². The number of anilines is 1. The van der Waals surface area contributed by atoms with Crippen molar-refractivity contribution < 1.29 is 19.1 Å². The number of carbonyl (C=O) groups is 3. The molecule has 0 bridgehead atoms. The summed E-state index contributed by atoms with van der Waals surface area (Å²) in [7, 11) is 1.58. The van der Waals surface area contributed by atoms with Gasteiger partial charge >= 0.3 is 6.09 Å². The van der Waals surface area contributed by atoms with Crippen LogP contribution in [0.5, 0.6) is 0 Å². The van der Waals surface area contributed by atoms with Crippen LogP contribution in [0.15, 0.2) is 48.5 Å². The van der Waals surface area contributed by atoms with Gasteiger partial charge < -0.3 is 20.3 Å². The van der Waals surface area contributed by atoms with Crippen molar-refractivity contribution >= 4 is 23.6 Å². The van der Waals surface area contributed by atoms with E-state index in [2.05, 4.69) is 10.6 Å². The zero-order chi connectivity index (χ0) is 25.6. The summed E-state index contributed by atoms with van der Waals surface area (Å²) in [5.74, 6) is -0.944. The van der Waals surface area contributed by atoms with Crippen molar-refractivity contribution in [2.75, 3.05) is 12.4 Å². The topological polar surface area (TPSA) is 87.7 Å². The smallest absolute Gasteiger partial charge is 0.408 e. The Labute approximate surface area is 202 Å². The van der Waals surface area contributed by atoms with Crippen LogP contribution >= 0.6 is 0 Å². The molecule has 0 aromatic heterocycles. The molecule has 0 fully saturated rings. The summed E-state index contributed by atoms with van der Waals surface area (Å²) in [5, 5.41) is 5.64. The third-order valence-corrected chi connectivity index (χ3v) is 5.38. The van der Waals surface area contributed by atoms with Crippen LogP contribution in [0.3, 0.4) is 0 Å². The highest BCUT2D eigenvalue weighted by atomic mass is 16.6. The molecule has 2 aromatic rings. The molecule has 2 atom stereocenters. The summed E-state index contributed by atoms with van der Waals surface area (Å²) in [6.45, 7) is 12.8. The molecular weight excluding hydrogens is 430 g/mol. The van der Waals surface area contributed by atoms with Crippen molar-refractivity contribution in [2.24, 2.45) is 5.92 Å². The molecule has 2 N–H and O–H groups in total. The second-order valence-electron chi connectivity index (χ2n) is 9.93. The maximum absolute atomic E-state index is 13.6. The van der Waals surface area contributed by atoms with Gasteiger partial charge in [-0.2, -0.15) is 0 Å². The first kappa shape index (κ1) is 26.9. The van der Waals surface area contributed by atoms with Crippen LogP contribution in [0.25, 0.3) is 0 Å². The van der Waals surface area contributed by atoms with Gasteiger partial charge in [-0.25, -0.2) is 4.79 Å². The number of nitrogens with zero attached hydrogens (tertiary/aromatic N) is 1. The highest BCUT2D eigenvalue weighted by Gasteiger charge is 2.35. The summed E-state index contributed by atoms with van der Waals surface area (Å²) in [6.07, 6.45) is -0.677. The lowest BCUT2D eigenvalue weighted by Gasteiger charge is -2.33. The predicted molar refractivity (Wildman–Crippen MR) is 134 cm³/mol. The van der Waals surface area contributed by atoms with Crippen molar-refractivity contribution in [2.45, 2.75) is 66.2 Å². The normalized spacial score (nSPS) is 13.1. The van der Waals surface area contributed by atoms with E-state index < -0.39 is 23.8 Å². The van der Waals surface area contributed by atoms with E-state index >= 15 is 0 Å². The maximum atomic E-state index is 13.6. The number of rotatable bonds is 7. The number of nitrogens with one attached hydrogen (secondary N) is 2. The van der Waals surface area contributed by atoms with Gasteiger partial charge in [0.15, 0.2) is 0 Å². The molecule has 7 nitrogen and oxygen atoms in total. The van der Waals surface area contributed by atoms with Gasteiger partial charge in [0, 0.05) is 12.7 Å². The van der Waals surface area contributed by atoms with E-state index in [4.69, 9.17) is 4.74 Å². The van der Waals surface area contributed by atoms with E-state index in [1.54, 1.807) is 27.8 Å². The number of aryl methyl sites for hydroxylation is 2. The van der Waals surface area contributed by atoms with Crippen LogP contribution in [-0.2, 0) is 14.3 Å². The summed E-state index contributed by atoms with van der Waals surface area (Å²) in [4.78, 5) is 40.8. The molecule has 0 spiro atoms. The molecule has 184 valence electrons. The molecule has 0 aliphatic heterocycles. The Morgan fingerprint density at radius 2 is 1.53 bits per heavy atom. The van der Waals surface area contributed by atoms with Crippen molar-refractivity contribution in [1.29, 1.82) is 0 Å². The van der Waals surface area contributed by atoms with Gasteiger partial charge in [-0.15, -0.1) is 0 Å². The molecule has 2 rings (SSSR count). The fourth-order valence-electron chi connectivity index (χ4n) is 3.51. The van der Waals surface area contributed by atoms with Crippen LogP contribution < -0.4 is 10.6 Å². The fraction of sp³-hybridized carbons (Fsp3) is 0.444. The average Bonchev–Trinajstić information content (AvgIpc) is 2.73. The van der Waals surface area contributed by atoms with Crippen LogP contribution in [0.4, 0.5) is 10.5 Å². The molecule has 0 radical (unpaired) electrons. The number of alkyl carbamates (subject to hydrolysis) is 1. The molecule has 0 saturated heterocycles. The minimum atomic E-state index is -0.894. The van der Waals surface area contributed by atoms with Crippen molar-refractivity contribution in [3.63, 3.8) is 0 Å². The van der Waals surface area contributed by atoms with Gasteiger partial charge in [0.2, 0.25) is 5.91 Å². The molecule has 2 aromatic carbocycles. The maximum Gasteiger partial charge on any atom is 0.408 e. The highest BCUT2D eigenvalue weighted by Crippen LogP contribution is 2.25. The number of hydrogen-bond donors (Lipinski definition) is 2. The van der Waals surface area contributed by atoms with Gasteiger partial charge in [0.25, 0.3) is 5.91 Å². The minimum Gasteiger partial charge on any atom is -0.444 e. The monoisotopic (exact) mass is 467 g/mol. The number of carbonyl (C=O) groups excluding carboxylic acids is 3. The van der Waals surface area contributed by atoms with Gasteiger partial charge in [0.05, 0.1) is 0 Å². The molecule has 0 saturated carbocycles. The Kier molecular flexibility index (Phi) is 8.85. The van der Waals surface area contributed by atoms with E-state index in [0.717, 1.165) is 11.1 Å². The van der Waals surface area contributed by atoms with E-state index in [-0.39, 0.29) is 17.7 Å². The van der Waals surface area contributed by atoms with Crippen molar-refractivity contribution in [3.05, 3.63) is 65.2 Å². The lowest BCUT2D eigenvalue weighted by molar-refractivity contribution is -0.140. The van der Waals surface area contributed by atoms with Crippen LogP contribution in [0.2, 0.25) is 0 Å². The Balaban J connectivity index is 2.36. The molecule has 0 aliphatic carbocycles. The number of ether oxygens (including phenoxy) is 1. The largest absolute Gasteiger partial charge is 0.444 e. The number of para-hydroxylation sites is 1. The third kappa shape index (κ3) is 7.33. The van der Waals surface area contributed by atoms with E-state index in [9.17, 15) is 14.4 Å². The molecule has 3 amide bonds. The fourth-order valence-corrected chi connectivity index (χ4v) is 3.51. The van der Waals surface area contributed by atoms with Crippen LogP contribution in [0, 0.1) is 19.8 Å². The zero-order valence-corrected chi connectivity index (χ0v) is 21.4. The average molecular weight is 468 g/mol. The Hall–Kier alpha value is -3.35.